The van der Waals surface area contributed by atoms with Gasteiger partial charge in [0.15, 0.2) is 5.78 Å². The first kappa shape index (κ1) is 26.0. The molecule has 5 rings (SSSR count). The predicted molar refractivity (Wildman–Crippen MR) is 148 cm³/mol. The highest BCUT2D eigenvalue weighted by molar-refractivity contribution is 6.35. The molecule has 1 aliphatic rings. The number of fused-ring (bicyclic) bond motifs is 2. The van der Waals surface area contributed by atoms with Gasteiger partial charge >= 0.3 is 0 Å². The van der Waals surface area contributed by atoms with E-state index in [4.69, 9.17) is 11.6 Å². The van der Waals surface area contributed by atoms with E-state index in [9.17, 15) is 9.59 Å². The monoisotopic (exact) mass is 506 g/mol. The third-order valence-corrected chi connectivity index (χ3v) is 7.27. The topological polar surface area (TPSA) is 81.0 Å². The quantitative estimate of drug-likeness (QED) is 0.274. The lowest BCUT2D eigenvalue weighted by molar-refractivity contribution is -0.148. The average Bonchev–Trinajstić information content (AvgIpc) is 3.39. The van der Waals surface area contributed by atoms with Crippen LogP contribution in [0.5, 0.6) is 0 Å². The summed E-state index contributed by atoms with van der Waals surface area (Å²) >= 11 is 6.24. The molecule has 0 spiro atoms. The summed E-state index contributed by atoms with van der Waals surface area (Å²) in [5.41, 5.74) is 4.23. The van der Waals surface area contributed by atoms with E-state index in [2.05, 4.69) is 21.4 Å². The maximum absolute atomic E-state index is 13.5. The van der Waals surface area contributed by atoms with Gasteiger partial charge in [-0.25, -0.2) is 0 Å². The van der Waals surface area contributed by atoms with Crippen LogP contribution in [0.2, 0.25) is 5.02 Å². The SMILES string of the molecule is C.CC(C)N[C@H](Cc1c[nH]c2ccccc12)C(=O)N1CC[C@H]1C(=O)CCc1ccc2[nH]cc(Cl)c2c1. The summed E-state index contributed by atoms with van der Waals surface area (Å²) in [6.07, 6.45) is 6.12. The van der Waals surface area contributed by atoms with Crippen LogP contribution >= 0.6 is 11.6 Å². The van der Waals surface area contributed by atoms with Crippen LogP contribution in [0.25, 0.3) is 21.8 Å². The number of hydrogen-bond donors (Lipinski definition) is 3. The zero-order valence-electron chi connectivity index (χ0n) is 20.1. The number of halogens is 1. The van der Waals surface area contributed by atoms with Gasteiger partial charge in [0.2, 0.25) is 5.91 Å². The minimum atomic E-state index is -0.372. The Bertz CT molecular complexity index is 1370. The maximum Gasteiger partial charge on any atom is 0.240 e. The molecule has 0 bridgehead atoms. The molecule has 4 aromatic rings. The molecule has 0 aliphatic carbocycles. The Kier molecular flexibility index (Phi) is 7.86. The van der Waals surface area contributed by atoms with Gasteiger partial charge in [-0.3, -0.25) is 9.59 Å². The Morgan fingerprint density at radius 3 is 2.58 bits per heavy atom. The van der Waals surface area contributed by atoms with E-state index in [1.807, 2.05) is 56.4 Å². The first-order chi connectivity index (χ1) is 16.9. The Morgan fingerprint density at radius 2 is 1.83 bits per heavy atom. The van der Waals surface area contributed by atoms with Crippen molar-refractivity contribution in [3.05, 3.63) is 71.0 Å². The van der Waals surface area contributed by atoms with Gasteiger partial charge in [0, 0.05) is 53.2 Å². The van der Waals surface area contributed by atoms with Crippen molar-refractivity contribution in [1.29, 1.82) is 0 Å². The summed E-state index contributed by atoms with van der Waals surface area (Å²) in [6.45, 7) is 4.72. The minimum Gasteiger partial charge on any atom is -0.361 e. The molecule has 1 saturated heterocycles. The fourth-order valence-corrected chi connectivity index (χ4v) is 5.26. The molecule has 3 heterocycles. The van der Waals surface area contributed by atoms with Crippen molar-refractivity contribution in [2.75, 3.05) is 6.54 Å². The summed E-state index contributed by atoms with van der Waals surface area (Å²) in [5.74, 6) is 0.134. The molecule has 6 nitrogen and oxygen atoms in total. The van der Waals surface area contributed by atoms with Crippen molar-refractivity contribution in [3.63, 3.8) is 0 Å². The summed E-state index contributed by atoms with van der Waals surface area (Å²) in [6, 6.07) is 13.6. The average molecular weight is 507 g/mol. The Morgan fingerprint density at radius 1 is 1.08 bits per heavy atom. The number of hydrogen-bond acceptors (Lipinski definition) is 3. The fraction of sp³-hybridized carbons (Fsp3) is 0.379. The number of aryl methyl sites for hydroxylation is 1. The van der Waals surface area contributed by atoms with Crippen LogP contribution in [0.1, 0.15) is 45.2 Å². The van der Waals surface area contributed by atoms with Crippen molar-refractivity contribution >= 4 is 45.1 Å². The third kappa shape index (κ3) is 5.20. The first-order valence-corrected chi connectivity index (χ1v) is 12.7. The maximum atomic E-state index is 13.5. The number of carbonyl (C=O) groups is 2. The van der Waals surface area contributed by atoms with Crippen LogP contribution in [-0.4, -0.2) is 51.2 Å². The summed E-state index contributed by atoms with van der Waals surface area (Å²) < 4.78 is 0. The molecule has 2 aromatic heterocycles. The molecule has 7 heteroatoms. The highest BCUT2D eigenvalue weighted by Gasteiger charge is 2.39. The van der Waals surface area contributed by atoms with Crippen LogP contribution < -0.4 is 5.32 Å². The largest absolute Gasteiger partial charge is 0.361 e. The highest BCUT2D eigenvalue weighted by Crippen LogP contribution is 2.27. The lowest BCUT2D eigenvalue weighted by atomic mass is 9.92. The number of nitrogens with zero attached hydrogens (tertiary/aromatic N) is 1. The number of amides is 1. The molecule has 0 radical (unpaired) electrons. The van der Waals surface area contributed by atoms with Gasteiger partial charge in [-0.15, -0.1) is 0 Å². The number of ketones is 1. The number of benzene rings is 2. The number of nitrogens with one attached hydrogen (secondary N) is 3. The molecule has 190 valence electrons. The fourth-order valence-electron chi connectivity index (χ4n) is 5.05. The minimum absolute atomic E-state index is 0. The lowest BCUT2D eigenvalue weighted by Crippen LogP contribution is -2.61. The zero-order valence-corrected chi connectivity index (χ0v) is 20.9. The second kappa shape index (κ2) is 10.9. The number of H-pyrrole nitrogens is 2. The van der Waals surface area contributed by atoms with Crippen molar-refractivity contribution in [3.8, 4) is 0 Å². The number of likely N-dealkylation sites (tertiary alicyclic amines) is 1. The normalized spacial score (nSPS) is 16.2. The van der Waals surface area contributed by atoms with E-state index >= 15 is 0 Å². The van der Waals surface area contributed by atoms with E-state index in [0.717, 1.165) is 39.4 Å². The highest BCUT2D eigenvalue weighted by atomic mass is 35.5. The zero-order chi connectivity index (χ0) is 24.5. The van der Waals surface area contributed by atoms with Crippen LogP contribution in [0.15, 0.2) is 54.9 Å². The molecule has 3 N–H and O–H groups in total. The van der Waals surface area contributed by atoms with Gasteiger partial charge in [-0.2, -0.15) is 0 Å². The number of para-hydroxylation sites is 1. The molecule has 0 saturated carbocycles. The van der Waals surface area contributed by atoms with E-state index in [1.54, 1.807) is 11.1 Å². The molecule has 1 fully saturated rings. The first-order valence-electron chi connectivity index (χ1n) is 12.3. The summed E-state index contributed by atoms with van der Waals surface area (Å²) in [5, 5.41) is 6.22. The third-order valence-electron chi connectivity index (χ3n) is 6.96. The molecule has 0 unspecified atom stereocenters. The van der Waals surface area contributed by atoms with Gasteiger partial charge in [0.25, 0.3) is 0 Å². The van der Waals surface area contributed by atoms with Gasteiger partial charge in [0.05, 0.1) is 17.1 Å². The van der Waals surface area contributed by atoms with E-state index < -0.39 is 0 Å². The lowest BCUT2D eigenvalue weighted by Gasteiger charge is -2.42. The van der Waals surface area contributed by atoms with Crippen LogP contribution in [0.3, 0.4) is 0 Å². The molecule has 2 aromatic carbocycles. The Hall–Kier alpha value is -3.09. The van der Waals surface area contributed by atoms with E-state index in [0.29, 0.717) is 30.8 Å². The number of aromatic nitrogens is 2. The number of carbonyl (C=O) groups excluding carboxylic acids is 2. The van der Waals surface area contributed by atoms with Crippen LogP contribution in [-0.2, 0) is 22.4 Å². The standard InChI is InChI=1S/C28H31ClN4O2.CH4/c1-17(2)32-25(14-19-15-30-23-6-4-3-5-20(19)23)28(35)33-12-11-26(33)27(34)10-8-18-7-9-24-21(13-18)22(29)16-31-24;/h3-7,9,13,15-17,25-26,30-32H,8,10-12,14H2,1-2H3;1H4/t25-,26+;/m1./s1. The molecular formula is C29H35ClN4O2. The number of aromatic amines is 2. The number of rotatable bonds is 9. The van der Waals surface area contributed by atoms with Crippen molar-refractivity contribution in [2.24, 2.45) is 0 Å². The second-order valence-electron chi connectivity index (χ2n) is 9.76. The molecule has 2 atom stereocenters. The van der Waals surface area contributed by atoms with E-state index in [-0.39, 0.29) is 37.2 Å². The van der Waals surface area contributed by atoms with Gasteiger partial charge in [0.1, 0.15) is 0 Å². The summed E-state index contributed by atoms with van der Waals surface area (Å²) in [4.78, 5) is 34.8. The van der Waals surface area contributed by atoms with Crippen LogP contribution in [0.4, 0.5) is 0 Å². The van der Waals surface area contributed by atoms with Gasteiger partial charge < -0.3 is 20.2 Å². The predicted octanol–water partition coefficient (Wildman–Crippen LogP) is 5.65. The second-order valence-corrected chi connectivity index (χ2v) is 10.2. The van der Waals surface area contributed by atoms with Crippen molar-refractivity contribution in [1.82, 2.24) is 20.2 Å². The molecule has 1 aliphatic heterocycles. The number of Topliss-reactive ketones (excluding diaryl/α,β-unsaturated/α-hetero) is 1. The smallest absolute Gasteiger partial charge is 0.240 e. The Labute approximate surface area is 217 Å². The van der Waals surface area contributed by atoms with Crippen molar-refractivity contribution < 1.29 is 9.59 Å². The molecular weight excluding hydrogens is 472 g/mol. The van der Waals surface area contributed by atoms with Gasteiger partial charge in [-0.1, -0.05) is 57.1 Å². The van der Waals surface area contributed by atoms with Crippen molar-refractivity contribution in [2.45, 2.75) is 65.1 Å². The van der Waals surface area contributed by atoms with Gasteiger partial charge in [-0.05, 0) is 48.6 Å². The van der Waals surface area contributed by atoms with Crippen LogP contribution in [0, 0.1) is 0 Å². The molecule has 1 amide bonds. The Balaban J connectivity index is 0.00000304. The summed E-state index contributed by atoms with van der Waals surface area (Å²) in [7, 11) is 0. The molecule has 36 heavy (non-hydrogen) atoms. The van der Waals surface area contributed by atoms with E-state index in [1.165, 1.54) is 0 Å².